The fraction of sp³-hybridized carbons (Fsp3) is 0.143. The molecule has 1 amide bonds. The molecule has 0 bridgehead atoms. The summed E-state index contributed by atoms with van der Waals surface area (Å²) in [5, 5.41) is 0. The molecule has 1 aromatic heterocycles. The van der Waals surface area contributed by atoms with Crippen molar-refractivity contribution >= 4 is 5.91 Å². The second-order valence-corrected chi connectivity index (χ2v) is 4.28. The number of halogens is 1. The number of carbonyl (C=O) groups excluding carboxylic acids is 1. The lowest BCUT2D eigenvalue weighted by Crippen LogP contribution is -2.26. The van der Waals surface area contributed by atoms with Crippen LogP contribution in [0.3, 0.4) is 0 Å². The van der Waals surface area contributed by atoms with E-state index in [4.69, 9.17) is 0 Å². The molecule has 3 rings (SSSR count). The molecule has 0 N–H and O–H groups in total. The molecule has 0 saturated heterocycles. The van der Waals surface area contributed by atoms with Crippen LogP contribution in [0.15, 0.2) is 42.5 Å². The molecule has 18 heavy (non-hydrogen) atoms. The predicted octanol–water partition coefficient (Wildman–Crippen LogP) is 2.38. The zero-order valence-electron chi connectivity index (χ0n) is 9.64. The molecule has 0 unspecified atom stereocenters. The van der Waals surface area contributed by atoms with E-state index in [2.05, 4.69) is 4.98 Å². The van der Waals surface area contributed by atoms with E-state index in [1.54, 1.807) is 4.90 Å². The van der Waals surface area contributed by atoms with Gasteiger partial charge in [0.05, 0.1) is 0 Å². The summed E-state index contributed by atoms with van der Waals surface area (Å²) in [6, 6.07) is 12.2. The molecule has 1 aliphatic rings. The molecule has 0 aliphatic carbocycles. The van der Waals surface area contributed by atoms with Gasteiger partial charge in [0.2, 0.25) is 5.95 Å². The van der Waals surface area contributed by atoms with Crippen molar-refractivity contribution in [3.05, 3.63) is 65.2 Å². The van der Waals surface area contributed by atoms with E-state index >= 15 is 0 Å². The Labute approximate surface area is 104 Å². The molecule has 1 aromatic carbocycles. The maximum atomic E-state index is 13.0. The largest absolute Gasteiger partial charge is 0.329 e. The quantitative estimate of drug-likeness (QED) is 0.719. The highest BCUT2D eigenvalue weighted by Crippen LogP contribution is 2.23. The van der Waals surface area contributed by atoms with Crippen molar-refractivity contribution in [3.8, 4) is 0 Å². The molecule has 0 fully saturated rings. The van der Waals surface area contributed by atoms with Crippen LogP contribution in [-0.4, -0.2) is 15.8 Å². The smallest absolute Gasteiger partial charge is 0.273 e. The topological polar surface area (TPSA) is 33.2 Å². The first-order valence-corrected chi connectivity index (χ1v) is 5.72. The van der Waals surface area contributed by atoms with Crippen LogP contribution in [0.2, 0.25) is 0 Å². The molecule has 4 heteroatoms. The normalized spacial score (nSPS) is 13.5. The molecule has 2 aromatic rings. The lowest BCUT2D eigenvalue weighted by molar-refractivity contribution is 0.0744. The van der Waals surface area contributed by atoms with Crippen molar-refractivity contribution in [2.24, 2.45) is 0 Å². The monoisotopic (exact) mass is 242 g/mol. The molecule has 2 heterocycles. The highest BCUT2D eigenvalue weighted by atomic mass is 19.1. The number of amides is 1. The van der Waals surface area contributed by atoms with Crippen LogP contribution < -0.4 is 0 Å². The minimum atomic E-state index is -0.627. The third kappa shape index (κ3) is 1.86. The summed E-state index contributed by atoms with van der Waals surface area (Å²) in [5.41, 5.74) is 2.44. The summed E-state index contributed by atoms with van der Waals surface area (Å²) < 4.78 is 13.0. The number of nitrogens with zero attached hydrogens (tertiary/aromatic N) is 2. The molecular weight excluding hydrogens is 231 g/mol. The molecule has 90 valence electrons. The first kappa shape index (κ1) is 10.9. The Morgan fingerprint density at radius 2 is 1.72 bits per heavy atom. The van der Waals surface area contributed by atoms with Gasteiger partial charge in [-0.1, -0.05) is 30.3 Å². The van der Waals surface area contributed by atoms with E-state index in [0.29, 0.717) is 13.1 Å². The molecule has 0 spiro atoms. The van der Waals surface area contributed by atoms with Crippen molar-refractivity contribution in [2.75, 3.05) is 0 Å². The van der Waals surface area contributed by atoms with E-state index in [-0.39, 0.29) is 11.6 Å². The zero-order valence-corrected chi connectivity index (χ0v) is 9.64. The number of aromatic nitrogens is 1. The highest BCUT2D eigenvalue weighted by Gasteiger charge is 2.24. The summed E-state index contributed by atoms with van der Waals surface area (Å²) in [4.78, 5) is 17.5. The maximum Gasteiger partial charge on any atom is 0.273 e. The minimum Gasteiger partial charge on any atom is -0.329 e. The average Bonchev–Trinajstić information content (AvgIpc) is 2.81. The second kappa shape index (κ2) is 4.22. The van der Waals surface area contributed by atoms with Gasteiger partial charge < -0.3 is 4.90 Å². The van der Waals surface area contributed by atoms with Gasteiger partial charge >= 0.3 is 0 Å². The summed E-state index contributed by atoms with van der Waals surface area (Å²) in [6.07, 6.45) is 0. The number of rotatable bonds is 1. The van der Waals surface area contributed by atoms with Crippen LogP contribution in [0.1, 0.15) is 21.6 Å². The third-order valence-corrected chi connectivity index (χ3v) is 3.06. The van der Waals surface area contributed by atoms with Crippen LogP contribution >= 0.6 is 0 Å². The second-order valence-electron chi connectivity index (χ2n) is 4.28. The van der Waals surface area contributed by atoms with Gasteiger partial charge in [-0.2, -0.15) is 4.39 Å². The average molecular weight is 242 g/mol. The molecule has 3 nitrogen and oxygen atoms in total. The Morgan fingerprint density at radius 3 is 2.33 bits per heavy atom. The Kier molecular flexibility index (Phi) is 2.55. The molecule has 0 saturated carbocycles. The molecule has 1 aliphatic heterocycles. The molecular formula is C14H11FN2O. The third-order valence-electron chi connectivity index (χ3n) is 3.06. The highest BCUT2D eigenvalue weighted by molar-refractivity contribution is 5.92. The first-order valence-electron chi connectivity index (χ1n) is 5.72. The van der Waals surface area contributed by atoms with Crippen LogP contribution in [-0.2, 0) is 13.1 Å². The Balaban J connectivity index is 1.84. The standard InChI is InChI=1S/C14H11FN2O/c15-13-7-3-6-12(16-13)14(18)17-8-10-4-1-2-5-11(10)9-17/h1-7H,8-9H2. The van der Waals surface area contributed by atoms with Crippen molar-refractivity contribution in [1.29, 1.82) is 0 Å². The van der Waals surface area contributed by atoms with Gasteiger partial charge in [0, 0.05) is 13.1 Å². The minimum absolute atomic E-state index is 0.155. The van der Waals surface area contributed by atoms with E-state index in [9.17, 15) is 9.18 Å². The van der Waals surface area contributed by atoms with Gasteiger partial charge in [-0.25, -0.2) is 4.98 Å². The van der Waals surface area contributed by atoms with Crippen LogP contribution in [0.4, 0.5) is 4.39 Å². The predicted molar refractivity (Wildman–Crippen MR) is 64.2 cm³/mol. The van der Waals surface area contributed by atoms with Crippen molar-refractivity contribution in [2.45, 2.75) is 13.1 Å². The molecule has 0 atom stereocenters. The van der Waals surface area contributed by atoms with Gasteiger partial charge in [0.15, 0.2) is 0 Å². The van der Waals surface area contributed by atoms with Gasteiger partial charge in [0.1, 0.15) is 5.69 Å². The fourth-order valence-electron chi connectivity index (χ4n) is 2.17. The lowest BCUT2D eigenvalue weighted by Gasteiger charge is -2.14. The summed E-state index contributed by atoms with van der Waals surface area (Å²) in [5.74, 6) is -0.858. The lowest BCUT2D eigenvalue weighted by atomic mass is 10.1. The van der Waals surface area contributed by atoms with Crippen LogP contribution in [0.25, 0.3) is 0 Å². The maximum absolute atomic E-state index is 13.0. The zero-order chi connectivity index (χ0) is 12.5. The van der Waals surface area contributed by atoms with Gasteiger partial charge in [0.25, 0.3) is 5.91 Å². The number of fused-ring (bicyclic) bond motifs is 1. The van der Waals surface area contributed by atoms with E-state index in [0.717, 1.165) is 11.1 Å². The number of benzene rings is 1. The number of pyridine rings is 1. The van der Waals surface area contributed by atoms with Crippen molar-refractivity contribution in [1.82, 2.24) is 9.88 Å². The van der Waals surface area contributed by atoms with Gasteiger partial charge in [-0.15, -0.1) is 0 Å². The number of hydrogen-bond donors (Lipinski definition) is 0. The van der Waals surface area contributed by atoms with Crippen LogP contribution in [0, 0.1) is 5.95 Å². The molecule has 0 radical (unpaired) electrons. The Hall–Kier alpha value is -2.23. The van der Waals surface area contributed by atoms with Gasteiger partial charge in [-0.3, -0.25) is 4.79 Å². The fourth-order valence-corrected chi connectivity index (χ4v) is 2.17. The van der Waals surface area contributed by atoms with E-state index in [1.165, 1.54) is 18.2 Å². The van der Waals surface area contributed by atoms with Crippen LogP contribution in [0.5, 0.6) is 0 Å². The number of hydrogen-bond acceptors (Lipinski definition) is 2. The van der Waals surface area contributed by atoms with E-state index in [1.807, 2.05) is 24.3 Å². The van der Waals surface area contributed by atoms with Gasteiger partial charge in [-0.05, 0) is 23.3 Å². The van der Waals surface area contributed by atoms with E-state index < -0.39 is 5.95 Å². The van der Waals surface area contributed by atoms with Crippen molar-refractivity contribution in [3.63, 3.8) is 0 Å². The first-order chi connectivity index (χ1) is 8.74. The number of carbonyl (C=O) groups is 1. The van der Waals surface area contributed by atoms with Crippen molar-refractivity contribution < 1.29 is 9.18 Å². The summed E-state index contributed by atoms with van der Waals surface area (Å²) in [6.45, 7) is 1.13. The summed E-state index contributed by atoms with van der Waals surface area (Å²) >= 11 is 0. The SMILES string of the molecule is O=C(c1cccc(F)n1)N1Cc2ccccc2C1. The Bertz CT molecular complexity index is 587. The Morgan fingerprint density at radius 1 is 1.06 bits per heavy atom. The summed E-state index contributed by atoms with van der Waals surface area (Å²) in [7, 11) is 0.